The van der Waals surface area contributed by atoms with Gasteiger partial charge in [0, 0.05) is 0 Å². The van der Waals surface area contributed by atoms with Crippen LogP contribution in [0.2, 0.25) is 0 Å². The van der Waals surface area contributed by atoms with Crippen molar-refractivity contribution in [3.05, 3.63) is 58.3 Å². The lowest BCUT2D eigenvalue weighted by atomic mass is 9.93. The molecule has 0 aliphatic rings. The average molecular weight is 287 g/mol. The molecule has 0 saturated heterocycles. The van der Waals surface area contributed by atoms with Gasteiger partial charge in [-0.1, -0.05) is 37.3 Å². The van der Waals surface area contributed by atoms with Crippen LogP contribution in [-0.2, 0) is 12.8 Å². The first-order chi connectivity index (χ1) is 9.88. The Hall–Kier alpha value is -1.12. The van der Waals surface area contributed by atoms with Crippen LogP contribution in [0.5, 0.6) is 0 Å². The van der Waals surface area contributed by atoms with Gasteiger partial charge in [-0.25, -0.2) is 0 Å². The van der Waals surface area contributed by atoms with E-state index in [1.807, 2.05) is 0 Å². The third-order valence-corrected chi connectivity index (χ3v) is 4.38. The highest BCUT2D eigenvalue weighted by Gasteiger charge is 2.10. The van der Waals surface area contributed by atoms with Gasteiger partial charge in [0.1, 0.15) is 0 Å². The van der Waals surface area contributed by atoms with Gasteiger partial charge in [0.05, 0.1) is 0 Å². The standard InChI is InChI=1S/C18H25NS/c1-2-11-19-14-18(9-8-17-10-12-20-15-17)13-16-6-4-3-5-7-16/h3-7,10,12,15,18-19H,2,8-9,11,13-14H2,1H3. The van der Waals surface area contributed by atoms with Crippen molar-refractivity contribution in [2.45, 2.75) is 32.6 Å². The number of benzene rings is 1. The second kappa shape index (κ2) is 8.93. The number of aryl methyl sites for hydroxylation is 1. The lowest BCUT2D eigenvalue weighted by Crippen LogP contribution is -2.25. The van der Waals surface area contributed by atoms with E-state index in [-0.39, 0.29) is 0 Å². The van der Waals surface area contributed by atoms with Gasteiger partial charge in [0.2, 0.25) is 0 Å². The van der Waals surface area contributed by atoms with Crippen molar-refractivity contribution in [3.63, 3.8) is 0 Å². The number of hydrogen-bond acceptors (Lipinski definition) is 2. The Balaban J connectivity index is 1.86. The van der Waals surface area contributed by atoms with Crippen LogP contribution in [0.25, 0.3) is 0 Å². The lowest BCUT2D eigenvalue weighted by Gasteiger charge is -2.17. The number of nitrogens with one attached hydrogen (secondary N) is 1. The van der Waals surface area contributed by atoms with Crippen molar-refractivity contribution in [1.29, 1.82) is 0 Å². The molecule has 1 atom stereocenters. The summed E-state index contributed by atoms with van der Waals surface area (Å²) >= 11 is 1.80. The fourth-order valence-corrected chi connectivity index (χ4v) is 3.22. The van der Waals surface area contributed by atoms with Crippen molar-refractivity contribution >= 4 is 11.3 Å². The predicted molar refractivity (Wildman–Crippen MR) is 89.4 cm³/mol. The van der Waals surface area contributed by atoms with Gasteiger partial charge >= 0.3 is 0 Å². The molecule has 0 bridgehead atoms. The maximum atomic E-state index is 3.59. The van der Waals surface area contributed by atoms with Crippen molar-refractivity contribution in [1.82, 2.24) is 5.32 Å². The smallest absolute Gasteiger partial charge is 0.00172 e. The monoisotopic (exact) mass is 287 g/mol. The molecule has 0 radical (unpaired) electrons. The van der Waals surface area contributed by atoms with Gasteiger partial charge in [-0.3, -0.25) is 0 Å². The molecule has 0 fully saturated rings. The van der Waals surface area contributed by atoms with E-state index < -0.39 is 0 Å². The second-order valence-electron chi connectivity index (χ2n) is 5.43. The van der Waals surface area contributed by atoms with Crippen LogP contribution < -0.4 is 5.32 Å². The molecule has 2 aromatic rings. The average Bonchev–Trinajstić information content (AvgIpc) is 2.99. The molecule has 0 spiro atoms. The molecule has 1 aromatic carbocycles. The molecule has 1 aromatic heterocycles. The van der Waals surface area contributed by atoms with E-state index >= 15 is 0 Å². The van der Waals surface area contributed by atoms with Crippen LogP contribution in [0.1, 0.15) is 30.9 Å². The Morgan fingerprint density at radius 3 is 2.65 bits per heavy atom. The molecule has 20 heavy (non-hydrogen) atoms. The zero-order valence-electron chi connectivity index (χ0n) is 12.3. The first kappa shape index (κ1) is 15.3. The molecule has 2 heteroatoms. The Bertz CT molecular complexity index is 450. The van der Waals surface area contributed by atoms with E-state index in [1.54, 1.807) is 11.3 Å². The summed E-state index contributed by atoms with van der Waals surface area (Å²) in [5.41, 5.74) is 2.95. The zero-order chi connectivity index (χ0) is 14.0. The zero-order valence-corrected chi connectivity index (χ0v) is 13.2. The number of rotatable bonds is 9. The molecular formula is C18H25NS. The Kier molecular flexibility index (Phi) is 6.82. The van der Waals surface area contributed by atoms with E-state index in [9.17, 15) is 0 Å². The molecular weight excluding hydrogens is 262 g/mol. The lowest BCUT2D eigenvalue weighted by molar-refractivity contribution is 0.444. The van der Waals surface area contributed by atoms with Crippen LogP contribution in [-0.4, -0.2) is 13.1 Å². The van der Waals surface area contributed by atoms with E-state index in [0.29, 0.717) is 0 Å². The first-order valence-corrected chi connectivity index (χ1v) is 8.58. The highest BCUT2D eigenvalue weighted by molar-refractivity contribution is 7.07. The molecule has 0 aliphatic carbocycles. The van der Waals surface area contributed by atoms with Crippen LogP contribution in [0.3, 0.4) is 0 Å². The molecule has 1 unspecified atom stereocenters. The molecule has 1 N–H and O–H groups in total. The van der Waals surface area contributed by atoms with Crippen molar-refractivity contribution in [2.75, 3.05) is 13.1 Å². The molecule has 108 valence electrons. The SMILES string of the molecule is CCCNCC(CCc1ccsc1)Cc1ccccc1. The Morgan fingerprint density at radius 2 is 1.95 bits per heavy atom. The van der Waals surface area contributed by atoms with E-state index in [1.165, 1.54) is 36.8 Å². The molecule has 0 aliphatic heterocycles. The Morgan fingerprint density at radius 1 is 1.10 bits per heavy atom. The van der Waals surface area contributed by atoms with Crippen LogP contribution in [0.15, 0.2) is 47.2 Å². The first-order valence-electron chi connectivity index (χ1n) is 7.64. The van der Waals surface area contributed by atoms with Crippen LogP contribution >= 0.6 is 11.3 Å². The third kappa shape index (κ3) is 5.48. The largest absolute Gasteiger partial charge is 0.316 e. The summed E-state index contributed by atoms with van der Waals surface area (Å²) in [6.07, 6.45) is 4.86. The second-order valence-corrected chi connectivity index (χ2v) is 6.21. The van der Waals surface area contributed by atoms with Gasteiger partial charge in [0.25, 0.3) is 0 Å². The van der Waals surface area contributed by atoms with Gasteiger partial charge < -0.3 is 5.32 Å². The van der Waals surface area contributed by atoms with Crippen LogP contribution in [0, 0.1) is 5.92 Å². The molecule has 1 nitrogen and oxygen atoms in total. The van der Waals surface area contributed by atoms with Gasteiger partial charge in [0.15, 0.2) is 0 Å². The predicted octanol–water partition coefficient (Wildman–Crippen LogP) is 4.54. The summed E-state index contributed by atoms with van der Waals surface area (Å²) in [4.78, 5) is 0. The summed E-state index contributed by atoms with van der Waals surface area (Å²) < 4.78 is 0. The summed E-state index contributed by atoms with van der Waals surface area (Å²) in [6, 6.07) is 13.1. The summed E-state index contributed by atoms with van der Waals surface area (Å²) in [5.74, 6) is 0.726. The minimum Gasteiger partial charge on any atom is -0.316 e. The highest BCUT2D eigenvalue weighted by Crippen LogP contribution is 2.16. The van der Waals surface area contributed by atoms with Crippen molar-refractivity contribution in [3.8, 4) is 0 Å². The summed E-state index contributed by atoms with van der Waals surface area (Å²) in [5, 5.41) is 8.04. The maximum Gasteiger partial charge on any atom is -0.00172 e. The van der Waals surface area contributed by atoms with E-state index in [4.69, 9.17) is 0 Å². The molecule has 2 rings (SSSR count). The molecule has 1 heterocycles. The van der Waals surface area contributed by atoms with Gasteiger partial charge in [-0.05, 0) is 72.6 Å². The topological polar surface area (TPSA) is 12.0 Å². The highest BCUT2D eigenvalue weighted by atomic mass is 32.1. The third-order valence-electron chi connectivity index (χ3n) is 3.65. The van der Waals surface area contributed by atoms with Crippen molar-refractivity contribution < 1.29 is 0 Å². The van der Waals surface area contributed by atoms with Crippen LogP contribution in [0.4, 0.5) is 0 Å². The number of hydrogen-bond donors (Lipinski definition) is 1. The normalized spacial score (nSPS) is 12.4. The minimum atomic E-state index is 0.726. The van der Waals surface area contributed by atoms with E-state index in [2.05, 4.69) is 59.4 Å². The summed E-state index contributed by atoms with van der Waals surface area (Å²) in [7, 11) is 0. The quantitative estimate of drug-likeness (QED) is 0.668. The maximum absolute atomic E-state index is 3.59. The fourth-order valence-electron chi connectivity index (χ4n) is 2.51. The van der Waals surface area contributed by atoms with Gasteiger partial charge in [-0.15, -0.1) is 0 Å². The minimum absolute atomic E-state index is 0.726. The molecule has 0 amide bonds. The van der Waals surface area contributed by atoms with Gasteiger partial charge in [-0.2, -0.15) is 11.3 Å². The summed E-state index contributed by atoms with van der Waals surface area (Å²) in [6.45, 7) is 4.49. The molecule has 0 saturated carbocycles. The van der Waals surface area contributed by atoms with E-state index in [0.717, 1.165) is 19.0 Å². The van der Waals surface area contributed by atoms with Crippen molar-refractivity contribution in [2.24, 2.45) is 5.92 Å². The number of thiophene rings is 1. The fraction of sp³-hybridized carbons (Fsp3) is 0.444. The Labute approximate surface area is 127 Å².